The minimum atomic E-state index is -1.35. The smallest absolute Gasteiger partial charge is 0.321 e. The molecule has 9 heteroatoms. The molecule has 1 amide bonds. The summed E-state index contributed by atoms with van der Waals surface area (Å²) in [5, 5.41) is 19.3. The van der Waals surface area contributed by atoms with Crippen LogP contribution in [-0.2, 0) is 14.3 Å². The van der Waals surface area contributed by atoms with Gasteiger partial charge in [0.2, 0.25) is 7.85 Å². The highest BCUT2D eigenvalue weighted by Gasteiger charge is 2.18. The van der Waals surface area contributed by atoms with Crippen LogP contribution >= 0.6 is 0 Å². The number of hydrogen-bond donors (Lipinski definition) is 4. The van der Waals surface area contributed by atoms with E-state index < -0.39 is 42.9 Å². The number of aliphatic hydroxyl groups excluding tert-OH is 1. The van der Waals surface area contributed by atoms with E-state index >= 15 is 0 Å². The van der Waals surface area contributed by atoms with Crippen LogP contribution in [-0.4, -0.2) is 61.1 Å². The second-order valence-corrected chi connectivity index (χ2v) is 3.22. The molecule has 2 atom stereocenters. The summed E-state index contributed by atoms with van der Waals surface area (Å²) < 4.78 is 4.60. The van der Waals surface area contributed by atoms with Gasteiger partial charge in [-0.3, -0.25) is 14.4 Å². The van der Waals surface area contributed by atoms with Gasteiger partial charge in [0.05, 0.1) is 19.1 Å². The highest BCUT2D eigenvalue weighted by molar-refractivity contribution is 6.57. The van der Waals surface area contributed by atoms with Crippen LogP contribution in [0.15, 0.2) is 0 Å². The minimum Gasteiger partial charge on any atom is -0.480 e. The molecular formula is C8H13BN2O6. The number of hydrogen-bond acceptors (Lipinski definition) is 6. The summed E-state index contributed by atoms with van der Waals surface area (Å²) in [5.74, 6) is -3.04. The Morgan fingerprint density at radius 1 is 1.41 bits per heavy atom. The maximum atomic E-state index is 11.1. The molecule has 0 rings (SSSR count). The van der Waals surface area contributed by atoms with E-state index in [9.17, 15) is 14.4 Å². The van der Waals surface area contributed by atoms with Crippen LogP contribution in [0.3, 0.4) is 0 Å². The van der Waals surface area contributed by atoms with Crippen molar-refractivity contribution in [3.05, 3.63) is 0 Å². The van der Waals surface area contributed by atoms with E-state index in [1.165, 1.54) is 0 Å². The standard InChI is InChI=1S/C8H13BN2O6/c9-8(16)11-4(2-12)3-17-6(13)1-5(10)7(14)15/h4-5,12H,1-3,10H2,(H,11,16)(H,14,15). The molecule has 5 N–H and O–H groups in total. The third-order valence-corrected chi connectivity index (χ3v) is 1.72. The summed E-state index contributed by atoms with van der Waals surface area (Å²) in [7, 11) is 4.80. The summed E-state index contributed by atoms with van der Waals surface area (Å²) in [6.45, 7) is -0.786. The molecule has 8 nitrogen and oxygen atoms in total. The third kappa shape index (κ3) is 7.31. The van der Waals surface area contributed by atoms with E-state index in [0.29, 0.717) is 0 Å². The predicted molar refractivity (Wildman–Crippen MR) is 56.3 cm³/mol. The highest BCUT2D eigenvalue weighted by atomic mass is 16.5. The molecule has 2 unspecified atom stereocenters. The number of aliphatic hydroxyl groups is 1. The lowest BCUT2D eigenvalue weighted by molar-refractivity contribution is -0.149. The summed E-state index contributed by atoms with van der Waals surface area (Å²) in [6.07, 6.45) is -0.496. The van der Waals surface area contributed by atoms with Crippen molar-refractivity contribution in [1.29, 1.82) is 0 Å². The van der Waals surface area contributed by atoms with E-state index in [1.54, 1.807) is 0 Å². The average molecular weight is 244 g/mol. The predicted octanol–water partition coefficient (Wildman–Crippen LogP) is -2.43. The quantitative estimate of drug-likeness (QED) is 0.288. The van der Waals surface area contributed by atoms with Crippen molar-refractivity contribution < 1.29 is 29.3 Å². The van der Waals surface area contributed by atoms with Gasteiger partial charge in [0.25, 0.3) is 0 Å². The van der Waals surface area contributed by atoms with Gasteiger partial charge >= 0.3 is 11.9 Å². The van der Waals surface area contributed by atoms with E-state index in [2.05, 4.69) is 10.1 Å². The summed E-state index contributed by atoms with van der Waals surface area (Å²) in [5.41, 5.74) is 5.10. The molecule has 0 aromatic carbocycles. The molecule has 0 saturated carbocycles. The minimum absolute atomic E-state index is 0.315. The van der Waals surface area contributed by atoms with E-state index in [0.717, 1.165) is 0 Å². The Bertz CT molecular complexity index is 298. The first-order valence-corrected chi connectivity index (χ1v) is 4.67. The second kappa shape index (κ2) is 7.63. The molecule has 0 bridgehead atoms. The fourth-order valence-electron chi connectivity index (χ4n) is 0.861. The summed E-state index contributed by atoms with van der Waals surface area (Å²) >= 11 is 0. The van der Waals surface area contributed by atoms with Crippen molar-refractivity contribution in [3.8, 4) is 0 Å². The van der Waals surface area contributed by atoms with Gasteiger partial charge in [-0.05, 0) is 0 Å². The van der Waals surface area contributed by atoms with Crippen molar-refractivity contribution in [2.24, 2.45) is 5.73 Å². The van der Waals surface area contributed by atoms with Crippen molar-refractivity contribution in [1.82, 2.24) is 5.32 Å². The monoisotopic (exact) mass is 244 g/mol. The number of carboxylic acid groups (broad SMARTS) is 1. The molecule has 17 heavy (non-hydrogen) atoms. The van der Waals surface area contributed by atoms with Gasteiger partial charge in [-0.15, -0.1) is 0 Å². The molecule has 0 saturated heterocycles. The lowest BCUT2D eigenvalue weighted by atomic mass is 10.1. The van der Waals surface area contributed by atoms with Crippen LogP contribution in [0.2, 0.25) is 0 Å². The van der Waals surface area contributed by atoms with Crippen molar-refractivity contribution in [3.63, 3.8) is 0 Å². The van der Waals surface area contributed by atoms with Gasteiger partial charge in [0, 0.05) is 0 Å². The topological polar surface area (TPSA) is 139 Å². The van der Waals surface area contributed by atoms with Gasteiger partial charge < -0.3 is 26.0 Å². The van der Waals surface area contributed by atoms with E-state index in [1.807, 2.05) is 0 Å². The van der Waals surface area contributed by atoms with Gasteiger partial charge in [-0.25, -0.2) is 0 Å². The number of nitrogens with two attached hydrogens (primary N) is 1. The molecule has 0 aliphatic heterocycles. The SMILES string of the molecule is [B]C(=O)NC(CO)COC(=O)CC(N)C(=O)O. The Hall–Kier alpha value is -1.61. The van der Waals surface area contributed by atoms with E-state index in [4.69, 9.17) is 23.8 Å². The second-order valence-electron chi connectivity index (χ2n) is 3.22. The third-order valence-electron chi connectivity index (χ3n) is 1.72. The summed E-state index contributed by atoms with van der Waals surface area (Å²) in [4.78, 5) is 31.8. The zero-order valence-corrected chi connectivity index (χ0v) is 8.96. The molecule has 2 radical (unpaired) electrons. The van der Waals surface area contributed by atoms with Crippen LogP contribution in [0.1, 0.15) is 6.42 Å². The largest absolute Gasteiger partial charge is 0.480 e. The van der Waals surface area contributed by atoms with E-state index in [-0.39, 0.29) is 6.61 Å². The first-order valence-electron chi connectivity index (χ1n) is 4.67. The number of carbonyl (C=O) groups is 3. The van der Waals surface area contributed by atoms with Crippen LogP contribution < -0.4 is 11.1 Å². The van der Waals surface area contributed by atoms with Gasteiger partial charge in [0.1, 0.15) is 12.6 Å². The Labute approximate surface area is 98.5 Å². The van der Waals surface area contributed by atoms with Crippen molar-refractivity contribution in [2.75, 3.05) is 13.2 Å². The van der Waals surface area contributed by atoms with Gasteiger partial charge in [0.15, 0.2) is 5.81 Å². The van der Waals surface area contributed by atoms with Gasteiger partial charge in [-0.2, -0.15) is 0 Å². The van der Waals surface area contributed by atoms with Gasteiger partial charge in [-0.1, -0.05) is 0 Å². The number of rotatable bonds is 7. The first-order chi connectivity index (χ1) is 7.86. The maximum Gasteiger partial charge on any atom is 0.321 e. The number of carbonyl (C=O) groups excluding carboxylic acids is 2. The maximum absolute atomic E-state index is 11.1. The van der Waals surface area contributed by atoms with Crippen LogP contribution in [0.5, 0.6) is 0 Å². The average Bonchev–Trinajstić information content (AvgIpc) is 2.23. The number of ether oxygens (including phenoxy) is 1. The highest BCUT2D eigenvalue weighted by Crippen LogP contribution is 1.94. The Balaban J connectivity index is 3.96. The molecular weight excluding hydrogens is 231 g/mol. The van der Waals surface area contributed by atoms with Crippen LogP contribution in [0, 0.1) is 0 Å². The number of esters is 1. The van der Waals surface area contributed by atoms with Crippen molar-refractivity contribution in [2.45, 2.75) is 18.5 Å². The molecule has 0 aliphatic rings. The molecule has 0 aliphatic carbocycles. The van der Waals surface area contributed by atoms with Crippen LogP contribution in [0.25, 0.3) is 0 Å². The number of amides is 1. The van der Waals surface area contributed by atoms with Crippen LogP contribution in [0.4, 0.5) is 4.79 Å². The molecule has 0 aromatic rings. The molecule has 0 fully saturated rings. The number of carboxylic acids is 1. The first kappa shape index (κ1) is 15.4. The fraction of sp³-hybridized carbons (Fsp3) is 0.625. The number of nitrogens with one attached hydrogen (secondary N) is 1. The molecule has 0 aromatic heterocycles. The lowest BCUT2D eigenvalue weighted by Gasteiger charge is -2.15. The Morgan fingerprint density at radius 2 is 2.00 bits per heavy atom. The molecule has 94 valence electrons. The summed E-state index contributed by atoms with van der Waals surface area (Å²) in [6, 6.07) is -2.18. The number of aliphatic carboxylic acids is 1. The molecule has 0 heterocycles. The Morgan fingerprint density at radius 3 is 2.41 bits per heavy atom. The zero-order chi connectivity index (χ0) is 13.4. The van der Waals surface area contributed by atoms with Crippen molar-refractivity contribution >= 4 is 25.6 Å². The fourth-order valence-corrected chi connectivity index (χ4v) is 0.861. The lowest BCUT2D eigenvalue weighted by Crippen LogP contribution is -2.41. The normalized spacial score (nSPS) is 13.5. The zero-order valence-electron chi connectivity index (χ0n) is 8.96. The Kier molecular flexibility index (Phi) is 6.91. The molecule has 0 spiro atoms.